The lowest BCUT2D eigenvalue weighted by Crippen LogP contribution is -2.19. The molecule has 0 spiro atoms. The molecule has 0 aliphatic carbocycles. The lowest BCUT2D eigenvalue weighted by molar-refractivity contribution is -0.274. The summed E-state index contributed by atoms with van der Waals surface area (Å²) in [5.41, 5.74) is 0.935. The lowest BCUT2D eigenvalue weighted by atomic mass is 10.1. The van der Waals surface area contributed by atoms with Crippen molar-refractivity contribution in [2.24, 2.45) is 0 Å². The molecule has 0 aliphatic rings. The van der Waals surface area contributed by atoms with Crippen molar-refractivity contribution >= 4 is 17.4 Å². The average Bonchev–Trinajstić information content (AvgIpc) is 2.20. The van der Waals surface area contributed by atoms with Gasteiger partial charge in [-0.25, -0.2) is 0 Å². The number of ketones is 1. The molecular weight excluding hydrogens is 257 g/mol. The summed E-state index contributed by atoms with van der Waals surface area (Å²) in [6.07, 6.45) is -4.94. The Kier molecular flexibility index (Phi) is 4.40. The molecule has 2 nitrogen and oxygen atoms in total. The Bertz CT molecular complexity index is 416. The molecule has 94 valence electrons. The molecule has 0 heterocycles. The minimum atomic E-state index is -4.77. The zero-order valence-corrected chi connectivity index (χ0v) is 9.73. The molecular formula is C11H10ClF3O2. The Balaban J connectivity index is 2.99. The molecule has 0 radical (unpaired) electrons. The predicted octanol–water partition coefficient (Wildman–Crippen LogP) is 3.24. The molecule has 0 aliphatic heterocycles. The van der Waals surface area contributed by atoms with Gasteiger partial charge in [-0.1, -0.05) is 17.7 Å². The molecule has 6 heteroatoms. The molecule has 0 fully saturated rings. The number of alkyl halides is 4. The number of benzene rings is 1. The van der Waals surface area contributed by atoms with Gasteiger partial charge in [-0.2, -0.15) is 0 Å². The molecule has 0 aromatic heterocycles. The van der Waals surface area contributed by atoms with Gasteiger partial charge in [0.15, 0.2) is 5.78 Å². The van der Waals surface area contributed by atoms with Crippen LogP contribution >= 0.6 is 11.6 Å². The monoisotopic (exact) mass is 266 g/mol. The number of Topliss-reactive ketones (excluding diaryl/α,β-unsaturated/α-hetero) is 1. The summed E-state index contributed by atoms with van der Waals surface area (Å²) in [6, 6.07) is 4.15. The fourth-order valence-electron chi connectivity index (χ4n) is 1.33. The van der Waals surface area contributed by atoms with Crippen LogP contribution in [0.25, 0.3) is 0 Å². The largest absolute Gasteiger partial charge is 0.573 e. The average molecular weight is 267 g/mol. The highest BCUT2D eigenvalue weighted by Gasteiger charge is 2.32. The van der Waals surface area contributed by atoms with E-state index in [0.717, 1.165) is 5.56 Å². The second-order valence-electron chi connectivity index (χ2n) is 3.51. The topological polar surface area (TPSA) is 26.3 Å². The number of rotatable bonds is 4. The van der Waals surface area contributed by atoms with Gasteiger partial charge in [0.1, 0.15) is 5.75 Å². The van der Waals surface area contributed by atoms with Crippen LogP contribution in [-0.2, 0) is 11.2 Å². The van der Waals surface area contributed by atoms with E-state index >= 15 is 0 Å². The van der Waals surface area contributed by atoms with E-state index in [-0.39, 0.29) is 29.4 Å². The van der Waals surface area contributed by atoms with Crippen molar-refractivity contribution in [3.05, 3.63) is 29.3 Å². The summed E-state index contributed by atoms with van der Waals surface area (Å²) in [7, 11) is 0. The Morgan fingerprint density at radius 1 is 1.41 bits per heavy atom. The van der Waals surface area contributed by atoms with E-state index in [4.69, 9.17) is 11.6 Å². The maximum Gasteiger partial charge on any atom is 0.573 e. The highest BCUT2D eigenvalue weighted by atomic mass is 35.5. The van der Waals surface area contributed by atoms with E-state index in [2.05, 4.69) is 4.74 Å². The molecule has 1 aromatic carbocycles. The molecule has 1 aromatic rings. The van der Waals surface area contributed by atoms with Gasteiger partial charge < -0.3 is 4.74 Å². The number of hydrogen-bond donors (Lipinski definition) is 0. The molecule has 0 amide bonds. The molecule has 0 saturated heterocycles. The van der Waals surface area contributed by atoms with Crippen molar-refractivity contribution in [3.63, 3.8) is 0 Å². The van der Waals surface area contributed by atoms with Gasteiger partial charge in [0, 0.05) is 12.0 Å². The molecule has 1 rings (SSSR count). The van der Waals surface area contributed by atoms with Gasteiger partial charge in [0.2, 0.25) is 0 Å². The second-order valence-corrected chi connectivity index (χ2v) is 3.78. The van der Waals surface area contributed by atoms with Crippen molar-refractivity contribution in [1.29, 1.82) is 0 Å². The maximum atomic E-state index is 12.1. The minimum absolute atomic E-state index is 0.170. The van der Waals surface area contributed by atoms with E-state index < -0.39 is 6.36 Å². The van der Waals surface area contributed by atoms with Crippen LogP contribution in [0.3, 0.4) is 0 Å². The number of aryl methyl sites for hydroxylation is 1. The molecule has 0 bridgehead atoms. The summed E-state index contributed by atoms with van der Waals surface area (Å²) in [5.74, 6) is -0.954. The van der Waals surface area contributed by atoms with Crippen molar-refractivity contribution in [2.45, 2.75) is 19.7 Å². The summed E-state index contributed by atoms with van der Waals surface area (Å²) in [6.45, 7) is 1.71. The number of carbonyl (C=O) groups is 1. The highest BCUT2D eigenvalue weighted by Crippen LogP contribution is 2.27. The molecule has 0 N–H and O–H groups in total. The molecule has 0 atom stereocenters. The summed E-state index contributed by atoms with van der Waals surface area (Å²) in [4.78, 5) is 11.1. The molecule has 17 heavy (non-hydrogen) atoms. The van der Waals surface area contributed by atoms with Gasteiger partial charge in [-0.05, 0) is 13.0 Å². The van der Waals surface area contributed by atoms with Gasteiger partial charge in [-0.15, -0.1) is 24.8 Å². The second kappa shape index (κ2) is 5.40. The quantitative estimate of drug-likeness (QED) is 0.782. The van der Waals surface area contributed by atoms with E-state index in [0.29, 0.717) is 0 Å². The number of halogens is 4. The minimum Gasteiger partial charge on any atom is -0.405 e. The van der Waals surface area contributed by atoms with E-state index in [1.165, 1.54) is 18.2 Å². The third kappa shape index (κ3) is 4.65. The van der Waals surface area contributed by atoms with Crippen LogP contribution < -0.4 is 4.74 Å². The van der Waals surface area contributed by atoms with E-state index in [1.807, 2.05) is 0 Å². The SMILES string of the molecule is Cc1ccc(OC(F)(F)F)c(CC(=O)CCl)c1. The third-order valence-electron chi connectivity index (χ3n) is 1.98. The first-order chi connectivity index (χ1) is 7.81. The van der Waals surface area contributed by atoms with E-state index in [9.17, 15) is 18.0 Å². The summed E-state index contributed by atoms with van der Waals surface area (Å²) < 4.78 is 40.2. The standard InChI is InChI=1S/C11H10ClF3O2/c1-7-2-3-10(17-11(13,14)15)8(4-7)5-9(16)6-12/h2-4H,5-6H2,1H3. The summed E-state index contributed by atoms with van der Waals surface area (Å²) in [5, 5.41) is 0. The molecule has 0 saturated carbocycles. The van der Waals surface area contributed by atoms with Gasteiger partial charge in [0.05, 0.1) is 5.88 Å². The first kappa shape index (κ1) is 13.8. The van der Waals surface area contributed by atoms with Gasteiger partial charge in [0.25, 0.3) is 0 Å². The van der Waals surface area contributed by atoms with Crippen LogP contribution in [0.4, 0.5) is 13.2 Å². The van der Waals surface area contributed by atoms with Crippen LogP contribution in [0.5, 0.6) is 5.75 Å². The number of hydrogen-bond acceptors (Lipinski definition) is 2. The fraction of sp³-hybridized carbons (Fsp3) is 0.364. The third-order valence-corrected chi connectivity index (χ3v) is 2.28. The Labute approximate surface area is 101 Å². The van der Waals surface area contributed by atoms with Gasteiger partial charge in [-0.3, -0.25) is 4.79 Å². The van der Waals surface area contributed by atoms with E-state index in [1.54, 1.807) is 6.92 Å². The summed E-state index contributed by atoms with van der Waals surface area (Å²) >= 11 is 5.31. The Morgan fingerprint density at radius 2 is 2.06 bits per heavy atom. The van der Waals surface area contributed by atoms with Crippen LogP contribution in [0.15, 0.2) is 18.2 Å². The van der Waals surface area contributed by atoms with Gasteiger partial charge >= 0.3 is 6.36 Å². The fourth-order valence-corrected chi connectivity index (χ4v) is 1.42. The van der Waals surface area contributed by atoms with Crippen molar-refractivity contribution in [3.8, 4) is 5.75 Å². The lowest BCUT2D eigenvalue weighted by Gasteiger charge is -2.13. The first-order valence-electron chi connectivity index (χ1n) is 4.75. The van der Waals surface area contributed by atoms with Crippen molar-refractivity contribution < 1.29 is 22.7 Å². The first-order valence-corrected chi connectivity index (χ1v) is 5.28. The Morgan fingerprint density at radius 3 is 2.59 bits per heavy atom. The zero-order chi connectivity index (χ0) is 13.1. The van der Waals surface area contributed by atoms with Crippen molar-refractivity contribution in [1.82, 2.24) is 0 Å². The Hall–Kier alpha value is -1.23. The smallest absolute Gasteiger partial charge is 0.405 e. The predicted molar refractivity (Wildman–Crippen MR) is 57.3 cm³/mol. The zero-order valence-electron chi connectivity index (χ0n) is 8.97. The maximum absolute atomic E-state index is 12.1. The molecule has 0 unspecified atom stereocenters. The highest BCUT2D eigenvalue weighted by molar-refractivity contribution is 6.27. The number of ether oxygens (including phenoxy) is 1. The normalized spacial score (nSPS) is 11.4. The van der Waals surface area contributed by atoms with Crippen LogP contribution in [0, 0.1) is 6.92 Å². The van der Waals surface area contributed by atoms with Crippen molar-refractivity contribution in [2.75, 3.05) is 5.88 Å². The van der Waals surface area contributed by atoms with Crippen LogP contribution in [-0.4, -0.2) is 18.0 Å². The van der Waals surface area contributed by atoms with Crippen LogP contribution in [0.1, 0.15) is 11.1 Å². The van der Waals surface area contributed by atoms with Crippen LogP contribution in [0.2, 0.25) is 0 Å². The number of carbonyl (C=O) groups excluding carboxylic acids is 1.